The summed E-state index contributed by atoms with van der Waals surface area (Å²) in [5, 5.41) is 0. The summed E-state index contributed by atoms with van der Waals surface area (Å²) in [6, 6.07) is 13.4. The second-order valence-electron chi connectivity index (χ2n) is 5.57. The fourth-order valence-electron chi connectivity index (χ4n) is 3.23. The van der Waals surface area contributed by atoms with Crippen molar-refractivity contribution in [1.82, 2.24) is 0 Å². The van der Waals surface area contributed by atoms with Crippen LogP contribution in [0.1, 0.15) is 47.9 Å². The predicted molar refractivity (Wildman–Crippen MR) is 77.4 cm³/mol. The molecule has 0 aliphatic heterocycles. The Balaban J connectivity index is 0.000000333. The number of fused-ring (bicyclic) bond motifs is 2. The Bertz CT molecular complexity index is 412. The van der Waals surface area contributed by atoms with E-state index in [1.165, 1.54) is 51.4 Å². The van der Waals surface area contributed by atoms with Crippen LogP contribution >= 0.6 is 0 Å². The fourth-order valence-corrected chi connectivity index (χ4v) is 3.23. The van der Waals surface area contributed by atoms with E-state index in [-0.39, 0.29) is 60.2 Å². The van der Waals surface area contributed by atoms with Crippen molar-refractivity contribution in [2.45, 2.75) is 51.4 Å². The smallest absolute Gasteiger partial charge is 1.00 e. The van der Waals surface area contributed by atoms with Gasteiger partial charge in [0.25, 0.3) is 0 Å². The van der Waals surface area contributed by atoms with Crippen molar-refractivity contribution in [3.63, 3.8) is 0 Å². The molecule has 2 aliphatic rings. The summed E-state index contributed by atoms with van der Waals surface area (Å²) in [5.41, 5.74) is 6.39. The molecule has 0 bridgehead atoms. The molecule has 2 aliphatic carbocycles. The maximum atomic E-state index is 2.26. The minimum absolute atomic E-state index is 0. The summed E-state index contributed by atoms with van der Waals surface area (Å²) in [6.07, 6.45) is 10.9. The topological polar surface area (TPSA) is 0 Å². The second kappa shape index (κ2) is 11.1. The van der Waals surface area contributed by atoms with E-state index in [0.717, 1.165) is 0 Å². The van der Waals surface area contributed by atoms with E-state index in [1.807, 2.05) is 0 Å². The summed E-state index contributed by atoms with van der Waals surface area (Å²) in [7, 11) is 0. The van der Waals surface area contributed by atoms with Crippen molar-refractivity contribution in [3.05, 3.63) is 58.7 Å². The summed E-state index contributed by atoms with van der Waals surface area (Å²) in [4.78, 5) is 0. The van der Waals surface area contributed by atoms with E-state index < -0.39 is 0 Å². The van der Waals surface area contributed by atoms with Crippen LogP contribution in [-0.4, -0.2) is 0 Å². The summed E-state index contributed by atoms with van der Waals surface area (Å²) >= 11 is 0. The van der Waals surface area contributed by atoms with Crippen molar-refractivity contribution in [2.24, 2.45) is 0 Å². The number of halogens is 2. The molecule has 4 rings (SSSR count). The maximum Gasteiger partial charge on any atom is 4.00 e. The molecule has 0 heterocycles. The largest absolute Gasteiger partial charge is 4.00 e. The molecule has 2 aromatic rings. The molecule has 112 valence electrons. The summed E-state index contributed by atoms with van der Waals surface area (Å²) < 4.78 is 0. The third-order valence-electron chi connectivity index (χ3n) is 4.30. The Morgan fingerprint density at radius 3 is 1.38 bits per heavy atom. The van der Waals surface area contributed by atoms with E-state index in [0.29, 0.717) is 0 Å². The summed E-state index contributed by atoms with van der Waals surface area (Å²) in [6.45, 7) is 0. The zero-order valence-electron chi connectivity index (χ0n) is 12.4. The Labute approximate surface area is 169 Å². The molecular weight excluding hydrogens is 467 g/mol. The minimum atomic E-state index is 0. The molecule has 2 aromatic carbocycles. The molecule has 0 atom stereocenters. The molecule has 0 saturated heterocycles. The Kier molecular flexibility index (Phi) is 11.4. The van der Waals surface area contributed by atoms with Crippen molar-refractivity contribution >= 4 is 0 Å². The van der Waals surface area contributed by atoms with Gasteiger partial charge in [-0.05, 0) is 0 Å². The van der Waals surface area contributed by atoms with E-state index in [9.17, 15) is 0 Å². The molecule has 0 unspecified atom stereocenters. The molecule has 0 N–H and O–H groups in total. The van der Waals surface area contributed by atoms with Gasteiger partial charge in [0.15, 0.2) is 0 Å². The molecule has 0 saturated carbocycles. The van der Waals surface area contributed by atoms with Crippen molar-refractivity contribution in [1.29, 1.82) is 0 Å². The van der Waals surface area contributed by atoms with Gasteiger partial charge in [0, 0.05) is 0 Å². The first-order valence-corrected chi connectivity index (χ1v) is 7.40. The average molecular weight is 489 g/mol. The molecule has 21 heavy (non-hydrogen) atoms. The number of hydrogen-bond acceptors (Lipinski definition) is 0. The van der Waals surface area contributed by atoms with Gasteiger partial charge in [0.1, 0.15) is 0 Å². The molecular formula is C18H22Br2Zr. The van der Waals surface area contributed by atoms with Gasteiger partial charge in [-0.3, -0.25) is 0 Å². The monoisotopic (exact) mass is 486 g/mol. The molecule has 3 heteroatoms. The Hall–Kier alpha value is 0.543. The third-order valence-corrected chi connectivity index (χ3v) is 4.30. The fraction of sp³-hybridized carbons (Fsp3) is 0.444. The quantitative estimate of drug-likeness (QED) is 0.399. The van der Waals surface area contributed by atoms with Crippen LogP contribution in [0, 0.1) is 0 Å². The van der Waals surface area contributed by atoms with Gasteiger partial charge in [-0.2, -0.15) is 46.5 Å². The van der Waals surface area contributed by atoms with Gasteiger partial charge in [-0.15, -0.1) is 0 Å². The van der Waals surface area contributed by atoms with Crippen LogP contribution in [0.25, 0.3) is 0 Å². The van der Waals surface area contributed by atoms with E-state index >= 15 is 0 Å². The van der Waals surface area contributed by atoms with Crippen molar-refractivity contribution in [2.75, 3.05) is 0 Å². The SMILES string of the molecule is [Br-].[Br-].[Zr+4].c1cc2c([cH-]1)CCCC2.c1cc2c([cH-]1)CCCC2. The second-order valence-corrected chi connectivity index (χ2v) is 5.57. The number of hydrogen-bond donors (Lipinski definition) is 0. The molecule has 0 fully saturated rings. The van der Waals surface area contributed by atoms with Gasteiger partial charge >= 0.3 is 26.2 Å². The molecule has 0 spiro atoms. The van der Waals surface area contributed by atoms with Crippen LogP contribution in [0.15, 0.2) is 36.4 Å². The van der Waals surface area contributed by atoms with Gasteiger partial charge < -0.3 is 34.0 Å². The van der Waals surface area contributed by atoms with Gasteiger partial charge in [0.2, 0.25) is 0 Å². The molecule has 0 amide bonds. The number of rotatable bonds is 0. The Morgan fingerprint density at radius 1 is 0.619 bits per heavy atom. The third kappa shape index (κ3) is 5.92. The predicted octanol–water partition coefficient (Wildman–Crippen LogP) is -1.43. The normalized spacial score (nSPS) is 14.9. The zero-order valence-corrected chi connectivity index (χ0v) is 18.0. The zero-order chi connectivity index (χ0) is 12.2. The molecule has 0 aromatic heterocycles. The summed E-state index contributed by atoms with van der Waals surface area (Å²) in [5.74, 6) is 0. The van der Waals surface area contributed by atoms with Crippen LogP contribution in [0.4, 0.5) is 0 Å². The number of aryl methyl sites for hydroxylation is 4. The van der Waals surface area contributed by atoms with Crippen LogP contribution < -0.4 is 34.0 Å². The van der Waals surface area contributed by atoms with Gasteiger partial charge in [-0.1, -0.05) is 51.4 Å². The van der Waals surface area contributed by atoms with Crippen LogP contribution in [0.3, 0.4) is 0 Å². The first-order chi connectivity index (χ1) is 8.93. The van der Waals surface area contributed by atoms with Crippen LogP contribution in [0.5, 0.6) is 0 Å². The van der Waals surface area contributed by atoms with Gasteiger partial charge in [0.05, 0.1) is 0 Å². The van der Waals surface area contributed by atoms with Crippen molar-refractivity contribution < 1.29 is 60.2 Å². The van der Waals surface area contributed by atoms with E-state index in [1.54, 1.807) is 22.3 Å². The van der Waals surface area contributed by atoms with E-state index in [4.69, 9.17) is 0 Å². The van der Waals surface area contributed by atoms with Gasteiger partial charge in [-0.25, -0.2) is 12.1 Å². The first kappa shape index (κ1) is 21.5. The van der Waals surface area contributed by atoms with Crippen LogP contribution in [-0.2, 0) is 51.9 Å². The maximum absolute atomic E-state index is 2.26. The molecule has 0 nitrogen and oxygen atoms in total. The first-order valence-electron chi connectivity index (χ1n) is 7.40. The van der Waals surface area contributed by atoms with Crippen molar-refractivity contribution in [3.8, 4) is 0 Å². The van der Waals surface area contributed by atoms with Crippen LogP contribution in [0.2, 0.25) is 0 Å². The minimum Gasteiger partial charge on any atom is -1.00 e. The standard InChI is InChI=1S/2C9H11.2BrH.Zr/c2*1-2-5-9-7-3-6-8(9)4-1;;;/h2*3,6-7H,1-2,4-5H2;2*1H;/q2*-1;;;+4/p-2. The average Bonchev–Trinajstić information content (AvgIpc) is 3.08. The Morgan fingerprint density at radius 2 is 1.00 bits per heavy atom. The molecule has 0 radical (unpaired) electrons. The van der Waals surface area contributed by atoms with E-state index in [2.05, 4.69) is 36.4 Å².